The smallest absolute Gasteiger partial charge is 0.246 e. The number of hydrogen-bond donors (Lipinski definition) is 1. The number of aromatic nitrogens is 2. The Morgan fingerprint density at radius 2 is 2.07 bits per heavy atom. The van der Waals surface area contributed by atoms with Gasteiger partial charge in [-0.1, -0.05) is 23.7 Å². The highest BCUT2D eigenvalue weighted by Crippen LogP contribution is 2.16. The summed E-state index contributed by atoms with van der Waals surface area (Å²) in [6.07, 6.45) is 4.41. The predicted molar refractivity (Wildman–Crippen MR) is 108 cm³/mol. The monoisotopic (exact) mass is 388 g/mol. The summed E-state index contributed by atoms with van der Waals surface area (Å²) < 4.78 is 1.71. The molecule has 1 aromatic carbocycles. The molecule has 3 rings (SSSR count). The van der Waals surface area contributed by atoms with Crippen LogP contribution in [0, 0.1) is 0 Å². The molecule has 1 N–H and O–H groups in total. The number of anilines is 1. The van der Waals surface area contributed by atoms with Gasteiger partial charge >= 0.3 is 0 Å². The number of nitrogens with one attached hydrogen (secondary N) is 1. The number of carbonyl (C=O) groups excluding carboxylic acids is 1. The van der Waals surface area contributed by atoms with Crippen molar-refractivity contribution in [1.29, 1.82) is 0 Å². The van der Waals surface area contributed by atoms with Crippen molar-refractivity contribution in [3.63, 3.8) is 0 Å². The van der Waals surface area contributed by atoms with E-state index >= 15 is 0 Å². The molecule has 1 amide bonds. The fourth-order valence-corrected chi connectivity index (χ4v) is 3.17. The lowest BCUT2D eigenvalue weighted by atomic mass is 10.1. The quantitative estimate of drug-likeness (QED) is 0.628. The molecule has 0 atom stereocenters. The minimum absolute atomic E-state index is 0.0533. The van der Waals surface area contributed by atoms with E-state index in [1.165, 1.54) is 5.56 Å². The number of guanidine groups is 1. The molecular formula is C19H25ClN6O. The van der Waals surface area contributed by atoms with E-state index in [9.17, 15) is 4.79 Å². The maximum absolute atomic E-state index is 12.6. The number of aliphatic imine (C=N–C) groups is 1. The number of benzene rings is 1. The molecule has 7 nitrogen and oxygen atoms in total. The van der Waals surface area contributed by atoms with E-state index in [-0.39, 0.29) is 5.91 Å². The normalized spacial score (nSPS) is 15.4. The van der Waals surface area contributed by atoms with Crippen molar-refractivity contribution in [2.45, 2.75) is 13.3 Å². The van der Waals surface area contributed by atoms with Crippen molar-refractivity contribution >= 4 is 29.2 Å². The van der Waals surface area contributed by atoms with E-state index in [2.05, 4.69) is 10.4 Å². The summed E-state index contributed by atoms with van der Waals surface area (Å²) in [5, 5.41) is 8.18. The first-order valence-corrected chi connectivity index (χ1v) is 9.51. The molecule has 27 heavy (non-hydrogen) atoms. The maximum Gasteiger partial charge on any atom is 0.246 e. The van der Waals surface area contributed by atoms with Gasteiger partial charge in [-0.05, 0) is 31.0 Å². The largest absolute Gasteiger partial charge is 0.357 e. The highest BCUT2D eigenvalue weighted by Gasteiger charge is 2.27. The summed E-state index contributed by atoms with van der Waals surface area (Å²) >= 11 is 5.92. The third-order valence-electron chi connectivity index (χ3n) is 4.43. The van der Waals surface area contributed by atoms with Crippen LogP contribution in [0.1, 0.15) is 12.5 Å². The SMILES string of the molecule is CCNC(=NCCc1ccc(Cl)cc1)N1CCN(c2cnn(C)c2)C(=O)C1. The van der Waals surface area contributed by atoms with Crippen LogP contribution in [0.4, 0.5) is 5.69 Å². The van der Waals surface area contributed by atoms with Crippen molar-refractivity contribution in [3.05, 3.63) is 47.2 Å². The molecule has 0 saturated carbocycles. The molecule has 8 heteroatoms. The Bertz CT molecular complexity index is 801. The van der Waals surface area contributed by atoms with Gasteiger partial charge < -0.3 is 15.1 Å². The zero-order chi connectivity index (χ0) is 19.2. The average Bonchev–Trinajstić information content (AvgIpc) is 3.08. The van der Waals surface area contributed by atoms with Gasteiger partial charge in [0.25, 0.3) is 0 Å². The third kappa shape index (κ3) is 5.01. The number of piperazine rings is 1. The lowest BCUT2D eigenvalue weighted by Crippen LogP contribution is -2.55. The van der Waals surface area contributed by atoms with Gasteiger partial charge in [0.15, 0.2) is 5.96 Å². The Kier molecular flexibility index (Phi) is 6.34. The number of halogens is 1. The minimum Gasteiger partial charge on any atom is -0.357 e. The Morgan fingerprint density at radius 3 is 2.70 bits per heavy atom. The van der Waals surface area contributed by atoms with Gasteiger partial charge in [-0.15, -0.1) is 0 Å². The number of nitrogens with zero attached hydrogens (tertiary/aromatic N) is 5. The van der Waals surface area contributed by atoms with E-state index in [1.807, 2.05) is 49.3 Å². The van der Waals surface area contributed by atoms with Crippen molar-refractivity contribution < 1.29 is 4.79 Å². The molecule has 1 aliphatic rings. The number of hydrogen-bond acceptors (Lipinski definition) is 3. The molecule has 1 aliphatic heterocycles. The van der Waals surface area contributed by atoms with Crippen molar-refractivity contribution in [2.75, 3.05) is 37.6 Å². The van der Waals surface area contributed by atoms with Crippen LogP contribution in [0.2, 0.25) is 5.02 Å². The Morgan fingerprint density at radius 1 is 1.30 bits per heavy atom. The molecule has 2 aromatic rings. The number of rotatable bonds is 5. The van der Waals surface area contributed by atoms with Crippen LogP contribution in [-0.2, 0) is 18.3 Å². The van der Waals surface area contributed by atoms with E-state index in [1.54, 1.807) is 15.8 Å². The minimum atomic E-state index is 0.0533. The highest BCUT2D eigenvalue weighted by molar-refractivity contribution is 6.30. The molecule has 0 unspecified atom stereocenters. The lowest BCUT2D eigenvalue weighted by Gasteiger charge is -2.35. The van der Waals surface area contributed by atoms with Crippen LogP contribution in [0.15, 0.2) is 41.7 Å². The number of amides is 1. The van der Waals surface area contributed by atoms with Crippen LogP contribution in [-0.4, -0.2) is 59.3 Å². The number of carbonyl (C=O) groups is 1. The fourth-order valence-electron chi connectivity index (χ4n) is 3.04. The summed E-state index contributed by atoms with van der Waals surface area (Å²) in [5.41, 5.74) is 2.03. The second kappa shape index (κ2) is 8.90. The van der Waals surface area contributed by atoms with Gasteiger partial charge in [0.05, 0.1) is 11.9 Å². The summed E-state index contributed by atoms with van der Waals surface area (Å²) in [6.45, 7) is 5.10. The molecule has 1 saturated heterocycles. The fraction of sp³-hybridized carbons (Fsp3) is 0.421. The lowest BCUT2D eigenvalue weighted by molar-refractivity contribution is -0.120. The number of aryl methyl sites for hydroxylation is 1. The Hall–Kier alpha value is -2.54. The highest BCUT2D eigenvalue weighted by atomic mass is 35.5. The third-order valence-corrected chi connectivity index (χ3v) is 4.69. The standard InChI is InChI=1S/C19H25ClN6O/c1-3-21-19(22-9-8-15-4-6-16(20)7-5-15)25-10-11-26(18(27)14-25)17-12-23-24(2)13-17/h4-7,12-13H,3,8-11,14H2,1-2H3,(H,21,22). The molecule has 0 radical (unpaired) electrons. The first-order valence-electron chi connectivity index (χ1n) is 9.13. The second-order valence-electron chi connectivity index (χ2n) is 6.45. The summed E-state index contributed by atoms with van der Waals surface area (Å²) in [6, 6.07) is 7.81. The van der Waals surface area contributed by atoms with E-state index in [4.69, 9.17) is 16.6 Å². The van der Waals surface area contributed by atoms with E-state index in [0.717, 1.165) is 36.2 Å². The van der Waals surface area contributed by atoms with E-state index < -0.39 is 0 Å². The Labute approximate surface area is 164 Å². The van der Waals surface area contributed by atoms with Crippen molar-refractivity contribution in [3.8, 4) is 0 Å². The van der Waals surface area contributed by atoms with Crippen LogP contribution in [0.5, 0.6) is 0 Å². The summed E-state index contributed by atoms with van der Waals surface area (Å²) in [7, 11) is 1.85. The van der Waals surface area contributed by atoms with Gasteiger partial charge in [0.2, 0.25) is 5.91 Å². The first-order chi connectivity index (χ1) is 13.1. The van der Waals surface area contributed by atoms with Gasteiger partial charge in [-0.3, -0.25) is 14.5 Å². The molecule has 0 spiro atoms. The predicted octanol–water partition coefficient (Wildman–Crippen LogP) is 1.93. The van der Waals surface area contributed by atoms with Crippen LogP contribution >= 0.6 is 11.6 Å². The molecule has 2 heterocycles. The van der Waals surface area contributed by atoms with Crippen molar-refractivity contribution in [2.24, 2.45) is 12.0 Å². The Balaban J connectivity index is 1.61. The first kappa shape index (κ1) is 19.2. The van der Waals surface area contributed by atoms with Gasteiger partial charge in [-0.2, -0.15) is 5.10 Å². The topological polar surface area (TPSA) is 65.8 Å². The van der Waals surface area contributed by atoms with Crippen LogP contribution < -0.4 is 10.2 Å². The van der Waals surface area contributed by atoms with Gasteiger partial charge in [0, 0.05) is 44.4 Å². The van der Waals surface area contributed by atoms with Gasteiger partial charge in [0.1, 0.15) is 6.54 Å². The molecule has 0 aliphatic carbocycles. The summed E-state index contributed by atoms with van der Waals surface area (Å²) in [4.78, 5) is 21.1. The average molecular weight is 389 g/mol. The molecule has 144 valence electrons. The second-order valence-corrected chi connectivity index (χ2v) is 6.89. The molecule has 0 bridgehead atoms. The molecular weight excluding hydrogens is 364 g/mol. The van der Waals surface area contributed by atoms with Gasteiger partial charge in [-0.25, -0.2) is 0 Å². The molecule has 1 fully saturated rings. The van der Waals surface area contributed by atoms with E-state index in [0.29, 0.717) is 19.6 Å². The molecule has 1 aromatic heterocycles. The van der Waals surface area contributed by atoms with Crippen molar-refractivity contribution in [1.82, 2.24) is 20.0 Å². The maximum atomic E-state index is 12.6. The zero-order valence-corrected chi connectivity index (χ0v) is 16.5. The van der Waals surface area contributed by atoms with Crippen LogP contribution in [0.3, 0.4) is 0 Å². The summed E-state index contributed by atoms with van der Waals surface area (Å²) in [5.74, 6) is 0.836. The zero-order valence-electron chi connectivity index (χ0n) is 15.7. The van der Waals surface area contributed by atoms with Crippen LogP contribution in [0.25, 0.3) is 0 Å².